The zero-order valence-electron chi connectivity index (χ0n) is 9.54. The molecule has 0 aromatic heterocycles. The summed E-state index contributed by atoms with van der Waals surface area (Å²) < 4.78 is 0. The molecule has 0 spiro atoms. The lowest BCUT2D eigenvalue weighted by atomic mass is 9.73. The van der Waals surface area contributed by atoms with Gasteiger partial charge in [-0.15, -0.1) is 0 Å². The van der Waals surface area contributed by atoms with E-state index < -0.39 is 17.5 Å². The summed E-state index contributed by atoms with van der Waals surface area (Å²) in [6.45, 7) is 1.68. The Bertz CT molecular complexity index is 203. The van der Waals surface area contributed by atoms with E-state index in [4.69, 9.17) is 0 Å². The van der Waals surface area contributed by atoms with Crippen molar-refractivity contribution in [1.82, 2.24) is 0 Å². The molecule has 0 bridgehead atoms. The summed E-state index contributed by atoms with van der Waals surface area (Å²) in [5.74, 6) is -0.717. The number of aliphatic hydroxyl groups excluding tert-OH is 1. The number of hydrogen-bond acceptors (Lipinski definition) is 2. The second-order valence-electron chi connectivity index (χ2n) is 4.91. The van der Waals surface area contributed by atoms with Crippen molar-refractivity contribution in [2.45, 2.75) is 64.4 Å². The molecule has 3 nitrogen and oxygen atoms in total. The van der Waals surface area contributed by atoms with E-state index >= 15 is 0 Å². The van der Waals surface area contributed by atoms with Crippen molar-refractivity contribution < 1.29 is 15.0 Å². The van der Waals surface area contributed by atoms with Crippen LogP contribution in [0.25, 0.3) is 0 Å². The van der Waals surface area contributed by atoms with Crippen molar-refractivity contribution >= 4 is 5.97 Å². The maximum absolute atomic E-state index is 11.4. The zero-order chi connectivity index (χ0) is 11.3. The molecule has 1 aliphatic carbocycles. The number of carboxylic acid groups (broad SMARTS) is 1. The third kappa shape index (κ3) is 3.49. The number of aliphatic carboxylic acids is 1. The Morgan fingerprint density at radius 1 is 1.20 bits per heavy atom. The number of rotatable bonds is 3. The van der Waals surface area contributed by atoms with Gasteiger partial charge in [0, 0.05) is 0 Å². The third-order valence-corrected chi connectivity index (χ3v) is 3.45. The smallest absolute Gasteiger partial charge is 0.309 e. The minimum atomic E-state index is -0.717. The summed E-state index contributed by atoms with van der Waals surface area (Å²) in [7, 11) is 0. The highest BCUT2D eigenvalue weighted by atomic mass is 16.4. The third-order valence-electron chi connectivity index (χ3n) is 3.45. The summed E-state index contributed by atoms with van der Waals surface area (Å²) >= 11 is 0. The first kappa shape index (κ1) is 12.5. The van der Waals surface area contributed by atoms with E-state index in [0.717, 1.165) is 38.5 Å². The van der Waals surface area contributed by atoms with Gasteiger partial charge in [0.15, 0.2) is 0 Å². The fourth-order valence-electron chi connectivity index (χ4n) is 2.65. The van der Waals surface area contributed by atoms with Gasteiger partial charge in [0.05, 0.1) is 11.5 Å². The molecule has 0 amide bonds. The maximum Gasteiger partial charge on any atom is 0.309 e. The van der Waals surface area contributed by atoms with Crippen LogP contribution in [0.4, 0.5) is 0 Å². The molecule has 1 unspecified atom stereocenters. The van der Waals surface area contributed by atoms with Crippen LogP contribution in [0, 0.1) is 5.41 Å². The van der Waals surface area contributed by atoms with E-state index in [1.807, 2.05) is 0 Å². The van der Waals surface area contributed by atoms with Gasteiger partial charge in [-0.1, -0.05) is 32.1 Å². The highest BCUT2D eigenvalue weighted by molar-refractivity contribution is 5.74. The van der Waals surface area contributed by atoms with Crippen molar-refractivity contribution in [3.63, 3.8) is 0 Å². The van der Waals surface area contributed by atoms with Crippen LogP contribution >= 0.6 is 0 Å². The summed E-state index contributed by atoms with van der Waals surface area (Å²) in [6.07, 6.45) is 6.81. The Kier molecular flexibility index (Phi) is 4.58. The molecule has 15 heavy (non-hydrogen) atoms. The summed E-state index contributed by atoms with van der Waals surface area (Å²) in [6, 6.07) is 0. The lowest BCUT2D eigenvalue weighted by Gasteiger charge is -2.32. The highest BCUT2D eigenvalue weighted by Gasteiger charge is 2.38. The quantitative estimate of drug-likeness (QED) is 0.759. The topological polar surface area (TPSA) is 57.5 Å². The summed E-state index contributed by atoms with van der Waals surface area (Å²) in [5.41, 5.74) is -0.658. The molecule has 0 aliphatic heterocycles. The standard InChI is InChI=1S/C12H22O3/c1-10(13)9-12(11(14)15)7-5-3-2-4-6-8-12/h10,13H,2-9H2,1H3,(H,14,15). The lowest BCUT2D eigenvalue weighted by molar-refractivity contribution is -0.152. The number of hydrogen-bond donors (Lipinski definition) is 2. The van der Waals surface area contributed by atoms with Gasteiger partial charge in [0.1, 0.15) is 0 Å². The summed E-state index contributed by atoms with van der Waals surface area (Å²) in [4.78, 5) is 11.4. The Balaban J connectivity index is 2.71. The Morgan fingerprint density at radius 3 is 2.07 bits per heavy atom. The van der Waals surface area contributed by atoms with Gasteiger partial charge in [0.2, 0.25) is 0 Å². The van der Waals surface area contributed by atoms with Crippen LogP contribution in [0.1, 0.15) is 58.3 Å². The average molecular weight is 214 g/mol. The van der Waals surface area contributed by atoms with Crippen molar-refractivity contribution in [2.24, 2.45) is 5.41 Å². The van der Waals surface area contributed by atoms with Gasteiger partial charge < -0.3 is 10.2 Å². The molecule has 3 heteroatoms. The van der Waals surface area contributed by atoms with Gasteiger partial charge >= 0.3 is 5.97 Å². The van der Waals surface area contributed by atoms with Crippen molar-refractivity contribution in [1.29, 1.82) is 0 Å². The molecule has 2 N–H and O–H groups in total. The minimum absolute atomic E-state index is 0.405. The molecule has 1 aliphatic rings. The maximum atomic E-state index is 11.4. The van der Waals surface area contributed by atoms with Crippen LogP contribution in [0.3, 0.4) is 0 Å². The normalized spacial score (nSPS) is 23.9. The number of carbonyl (C=O) groups is 1. The molecule has 0 aromatic carbocycles. The molecule has 0 radical (unpaired) electrons. The van der Waals surface area contributed by atoms with E-state index in [1.165, 1.54) is 6.42 Å². The number of aliphatic hydroxyl groups is 1. The molecule has 0 saturated heterocycles. The predicted octanol–water partition coefficient (Wildman–Crippen LogP) is 2.57. The van der Waals surface area contributed by atoms with E-state index in [-0.39, 0.29) is 0 Å². The van der Waals surface area contributed by atoms with Gasteiger partial charge in [-0.2, -0.15) is 0 Å². The summed E-state index contributed by atoms with van der Waals surface area (Å²) in [5, 5.41) is 18.8. The Labute approximate surface area is 91.5 Å². The van der Waals surface area contributed by atoms with E-state index in [1.54, 1.807) is 6.92 Å². The molecular formula is C12H22O3. The van der Waals surface area contributed by atoms with Crippen molar-refractivity contribution in [3.05, 3.63) is 0 Å². The molecule has 1 rings (SSSR count). The number of carboxylic acids is 1. The van der Waals surface area contributed by atoms with Crippen LogP contribution in [-0.4, -0.2) is 22.3 Å². The average Bonchev–Trinajstić information content (AvgIpc) is 2.08. The van der Waals surface area contributed by atoms with Crippen LogP contribution in [-0.2, 0) is 4.79 Å². The van der Waals surface area contributed by atoms with E-state index in [0.29, 0.717) is 6.42 Å². The van der Waals surface area contributed by atoms with Crippen molar-refractivity contribution in [2.75, 3.05) is 0 Å². The van der Waals surface area contributed by atoms with Gasteiger partial charge in [0.25, 0.3) is 0 Å². The second kappa shape index (κ2) is 5.50. The van der Waals surface area contributed by atoms with Gasteiger partial charge in [-0.25, -0.2) is 0 Å². The molecule has 0 heterocycles. The van der Waals surface area contributed by atoms with Crippen LogP contribution in [0.15, 0.2) is 0 Å². The largest absolute Gasteiger partial charge is 0.481 e. The molecular weight excluding hydrogens is 192 g/mol. The van der Waals surface area contributed by atoms with Crippen LogP contribution in [0.5, 0.6) is 0 Å². The minimum Gasteiger partial charge on any atom is -0.481 e. The van der Waals surface area contributed by atoms with E-state index in [9.17, 15) is 15.0 Å². The fraction of sp³-hybridized carbons (Fsp3) is 0.917. The van der Waals surface area contributed by atoms with Gasteiger partial charge in [-0.3, -0.25) is 4.79 Å². The first-order valence-electron chi connectivity index (χ1n) is 5.98. The monoisotopic (exact) mass is 214 g/mol. The SMILES string of the molecule is CC(O)CC1(C(=O)O)CCCCCCC1. The molecule has 88 valence electrons. The molecule has 1 atom stereocenters. The predicted molar refractivity (Wildman–Crippen MR) is 58.7 cm³/mol. The first-order chi connectivity index (χ1) is 7.07. The zero-order valence-corrected chi connectivity index (χ0v) is 9.54. The van der Waals surface area contributed by atoms with Crippen LogP contribution in [0.2, 0.25) is 0 Å². The van der Waals surface area contributed by atoms with Crippen LogP contribution < -0.4 is 0 Å². The molecule has 0 aromatic rings. The van der Waals surface area contributed by atoms with Gasteiger partial charge in [-0.05, 0) is 26.2 Å². The Hall–Kier alpha value is -0.570. The Morgan fingerprint density at radius 2 is 1.67 bits per heavy atom. The fourth-order valence-corrected chi connectivity index (χ4v) is 2.65. The molecule has 1 saturated carbocycles. The first-order valence-corrected chi connectivity index (χ1v) is 5.98. The second-order valence-corrected chi connectivity index (χ2v) is 4.91. The lowest BCUT2D eigenvalue weighted by Crippen LogP contribution is -2.35. The highest BCUT2D eigenvalue weighted by Crippen LogP contribution is 2.38. The van der Waals surface area contributed by atoms with E-state index in [2.05, 4.69) is 0 Å². The molecule has 1 fully saturated rings. The van der Waals surface area contributed by atoms with Crippen molar-refractivity contribution in [3.8, 4) is 0 Å².